The van der Waals surface area contributed by atoms with E-state index in [2.05, 4.69) is 44.5 Å². The molecule has 0 aromatic rings. The average molecular weight is 267 g/mol. The number of hydrogen-bond donors (Lipinski definition) is 1. The highest BCUT2D eigenvalue weighted by Gasteiger charge is 2.37. The second kappa shape index (κ2) is 6.11. The molecular weight excluding hydrogens is 234 g/mol. The molecule has 1 aliphatic carbocycles. The maximum absolute atomic E-state index is 6.44. The Morgan fingerprint density at radius 2 is 1.63 bits per heavy atom. The van der Waals surface area contributed by atoms with E-state index in [4.69, 9.17) is 5.73 Å². The molecule has 1 aliphatic heterocycles. The fourth-order valence-electron chi connectivity index (χ4n) is 3.94. The van der Waals surface area contributed by atoms with Crippen molar-refractivity contribution in [2.75, 3.05) is 20.1 Å². The fourth-order valence-corrected chi connectivity index (χ4v) is 3.94. The molecule has 5 unspecified atom stereocenters. The van der Waals surface area contributed by atoms with Gasteiger partial charge in [-0.3, -0.25) is 9.80 Å². The highest BCUT2D eigenvalue weighted by Crippen LogP contribution is 2.33. The van der Waals surface area contributed by atoms with Gasteiger partial charge >= 0.3 is 0 Å². The molecule has 2 fully saturated rings. The largest absolute Gasteiger partial charge is 0.326 e. The number of nitrogens with zero attached hydrogens (tertiary/aromatic N) is 2. The Hall–Kier alpha value is -0.120. The molecule has 1 heterocycles. The summed E-state index contributed by atoms with van der Waals surface area (Å²) in [6, 6.07) is 2.29. The molecule has 2 aliphatic rings. The Labute approximate surface area is 119 Å². The normalized spacial score (nSPS) is 42.8. The monoisotopic (exact) mass is 267 g/mol. The van der Waals surface area contributed by atoms with Gasteiger partial charge in [-0.2, -0.15) is 0 Å². The molecule has 1 saturated heterocycles. The van der Waals surface area contributed by atoms with Crippen molar-refractivity contribution < 1.29 is 0 Å². The SMILES string of the molecule is CC(C)C1CCC(N)C(N2CC(C)N(C)C(C)C2)C1. The third-order valence-corrected chi connectivity index (χ3v) is 5.71. The van der Waals surface area contributed by atoms with Crippen LogP contribution in [0, 0.1) is 11.8 Å². The van der Waals surface area contributed by atoms with Gasteiger partial charge in [0.1, 0.15) is 0 Å². The summed E-state index contributed by atoms with van der Waals surface area (Å²) in [5.74, 6) is 1.67. The molecule has 1 saturated carbocycles. The summed E-state index contributed by atoms with van der Waals surface area (Å²) >= 11 is 0. The van der Waals surface area contributed by atoms with Gasteiger partial charge in [-0.05, 0) is 52.0 Å². The van der Waals surface area contributed by atoms with Crippen molar-refractivity contribution in [3.8, 4) is 0 Å². The van der Waals surface area contributed by atoms with Crippen molar-refractivity contribution in [1.29, 1.82) is 0 Å². The second-order valence-electron chi connectivity index (χ2n) is 7.37. The molecule has 0 spiro atoms. The molecule has 0 aromatic heterocycles. The summed E-state index contributed by atoms with van der Waals surface area (Å²) in [7, 11) is 2.25. The van der Waals surface area contributed by atoms with Crippen LogP contribution in [-0.2, 0) is 0 Å². The Bertz CT molecular complexity index is 280. The van der Waals surface area contributed by atoms with Crippen molar-refractivity contribution in [3.63, 3.8) is 0 Å². The average Bonchev–Trinajstić information content (AvgIpc) is 2.35. The molecule has 0 radical (unpaired) electrons. The standard InChI is InChI=1S/C16H33N3/c1-11(2)14-6-7-15(17)16(8-14)19-9-12(3)18(5)13(4)10-19/h11-16H,6-10,17H2,1-5H3. The summed E-state index contributed by atoms with van der Waals surface area (Å²) < 4.78 is 0. The number of rotatable bonds is 2. The van der Waals surface area contributed by atoms with E-state index in [-0.39, 0.29) is 0 Å². The van der Waals surface area contributed by atoms with Crippen LogP contribution in [0.15, 0.2) is 0 Å². The van der Waals surface area contributed by atoms with Crippen LogP contribution in [0.4, 0.5) is 0 Å². The van der Waals surface area contributed by atoms with Gasteiger partial charge in [0, 0.05) is 37.3 Å². The van der Waals surface area contributed by atoms with Crippen molar-refractivity contribution in [2.45, 2.75) is 71.1 Å². The zero-order valence-corrected chi connectivity index (χ0v) is 13.5. The van der Waals surface area contributed by atoms with Gasteiger partial charge in [0.15, 0.2) is 0 Å². The number of nitrogens with two attached hydrogens (primary N) is 1. The maximum Gasteiger partial charge on any atom is 0.0251 e. The first-order valence-electron chi connectivity index (χ1n) is 8.11. The van der Waals surface area contributed by atoms with Crippen LogP contribution < -0.4 is 5.73 Å². The molecule has 112 valence electrons. The van der Waals surface area contributed by atoms with Crippen molar-refractivity contribution in [3.05, 3.63) is 0 Å². The van der Waals surface area contributed by atoms with Gasteiger partial charge in [0.2, 0.25) is 0 Å². The van der Waals surface area contributed by atoms with E-state index in [1.54, 1.807) is 0 Å². The van der Waals surface area contributed by atoms with Gasteiger partial charge in [-0.1, -0.05) is 13.8 Å². The van der Waals surface area contributed by atoms with Gasteiger partial charge in [0.05, 0.1) is 0 Å². The Balaban J connectivity index is 2.02. The Morgan fingerprint density at radius 1 is 1.05 bits per heavy atom. The summed E-state index contributed by atoms with van der Waals surface area (Å²) in [5.41, 5.74) is 6.44. The molecule has 2 N–H and O–H groups in total. The van der Waals surface area contributed by atoms with E-state index in [1.165, 1.54) is 32.4 Å². The van der Waals surface area contributed by atoms with E-state index in [0.717, 1.165) is 11.8 Å². The molecule has 0 bridgehead atoms. The molecule has 5 atom stereocenters. The van der Waals surface area contributed by atoms with Crippen LogP contribution in [-0.4, -0.2) is 54.1 Å². The van der Waals surface area contributed by atoms with E-state index >= 15 is 0 Å². The number of piperazine rings is 1. The van der Waals surface area contributed by atoms with E-state index < -0.39 is 0 Å². The minimum atomic E-state index is 0.387. The minimum absolute atomic E-state index is 0.387. The molecule has 19 heavy (non-hydrogen) atoms. The quantitative estimate of drug-likeness (QED) is 0.832. The summed E-state index contributed by atoms with van der Waals surface area (Å²) in [6.45, 7) is 11.8. The van der Waals surface area contributed by atoms with Gasteiger partial charge < -0.3 is 5.73 Å². The zero-order chi connectivity index (χ0) is 14.2. The Kier molecular flexibility index (Phi) is 4.91. The lowest BCUT2D eigenvalue weighted by atomic mass is 9.76. The number of hydrogen-bond acceptors (Lipinski definition) is 3. The summed E-state index contributed by atoms with van der Waals surface area (Å²) in [6.07, 6.45) is 3.85. The van der Waals surface area contributed by atoms with Crippen LogP contribution >= 0.6 is 0 Å². The topological polar surface area (TPSA) is 32.5 Å². The van der Waals surface area contributed by atoms with Crippen LogP contribution in [0.3, 0.4) is 0 Å². The van der Waals surface area contributed by atoms with E-state index in [9.17, 15) is 0 Å². The minimum Gasteiger partial charge on any atom is -0.326 e. The van der Waals surface area contributed by atoms with Gasteiger partial charge in [-0.15, -0.1) is 0 Å². The Morgan fingerprint density at radius 3 is 2.16 bits per heavy atom. The van der Waals surface area contributed by atoms with Crippen LogP contribution in [0.5, 0.6) is 0 Å². The van der Waals surface area contributed by atoms with Crippen LogP contribution in [0.25, 0.3) is 0 Å². The van der Waals surface area contributed by atoms with Gasteiger partial charge in [0.25, 0.3) is 0 Å². The zero-order valence-electron chi connectivity index (χ0n) is 13.5. The molecule has 3 heteroatoms. The first-order chi connectivity index (χ1) is 8.90. The first-order valence-corrected chi connectivity index (χ1v) is 8.11. The lowest BCUT2D eigenvalue weighted by Crippen LogP contribution is -2.62. The van der Waals surface area contributed by atoms with Crippen LogP contribution in [0.2, 0.25) is 0 Å². The second-order valence-corrected chi connectivity index (χ2v) is 7.37. The smallest absolute Gasteiger partial charge is 0.0251 e. The van der Waals surface area contributed by atoms with Crippen LogP contribution in [0.1, 0.15) is 47.0 Å². The third-order valence-electron chi connectivity index (χ3n) is 5.71. The van der Waals surface area contributed by atoms with Gasteiger partial charge in [-0.25, -0.2) is 0 Å². The predicted molar refractivity (Wildman–Crippen MR) is 82.2 cm³/mol. The highest BCUT2D eigenvalue weighted by atomic mass is 15.3. The van der Waals surface area contributed by atoms with E-state index in [0.29, 0.717) is 24.2 Å². The van der Waals surface area contributed by atoms with Crippen molar-refractivity contribution in [1.82, 2.24) is 9.80 Å². The predicted octanol–water partition coefficient (Wildman–Crippen LogP) is 2.16. The van der Waals surface area contributed by atoms with E-state index in [1.807, 2.05) is 0 Å². The number of likely N-dealkylation sites (N-methyl/N-ethyl adjacent to an activating group) is 1. The summed E-state index contributed by atoms with van der Waals surface area (Å²) in [5, 5.41) is 0. The van der Waals surface area contributed by atoms with Crippen molar-refractivity contribution in [2.24, 2.45) is 17.6 Å². The molecule has 3 nitrogen and oxygen atoms in total. The lowest BCUT2D eigenvalue weighted by molar-refractivity contribution is 0.00544. The fraction of sp³-hybridized carbons (Fsp3) is 1.00. The molecular formula is C16H33N3. The lowest BCUT2D eigenvalue weighted by Gasteiger charge is -2.49. The maximum atomic E-state index is 6.44. The molecule has 0 amide bonds. The third kappa shape index (κ3) is 3.32. The highest BCUT2D eigenvalue weighted by molar-refractivity contribution is 4.94. The molecule has 2 rings (SSSR count). The summed E-state index contributed by atoms with van der Waals surface area (Å²) in [4.78, 5) is 5.19. The van der Waals surface area contributed by atoms with Crippen molar-refractivity contribution >= 4 is 0 Å². The first kappa shape index (κ1) is 15.3. The molecule has 0 aromatic carbocycles.